The number of hydrogen-bond acceptors (Lipinski definition) is 2. The van der Waals surface area contributed by atoms with Gasteiger partial charge in [0.1, 0.15) is 0 Å². The van der Waals surface area contributed by atoms with Gasteiger partial charge in [0.25, 0.3) is 0 Å². The predicted molar refractivity (Wildman–Crippen MR) is 83.4 cm³/mol. The van der Waals surface area contributed by atoms with Gasteiger partial charge in [0.15, 0.2) is 0 Å². The summed E-state index contributed by atoms with van der Waals surface area (Å²) in [5.41, 5.74) is 0.490. The topological polar surface area (TPSA) is 15.3 Å². The largest absolute Gasteiger partial charge is 0.313 e. The Morgan fingerprint density at radius 2 is 2.00 bits per heavy atom. The zero-order chi connectivity index (χ0) is 13.9. The quantitative estimate of drug-likeness (QED) is 0.791. The summed E-state index contributed by atoms with van der Waals surface area (Å²) >= 11 is 0. The molecule has 3 atom stereocenters. The molecule has 0 aromatic carbocycles. The van der Waals surface area contributed by atoms with Crippen LogP contribution in [0.3, 0.4) is 0 Å². The molecule has 0 radical (unpaired) electrons. The molecule has 2 aliphatic rings. The van der Waals surface area contributed by atoms with Crippen LogP contribution in [-0.4, -0.2) is 37.1 Å². The van der Waals surface area contributed by atoms with Crippen molar-refractivity contribution in [3.8, 4) is 0 Å². The van der Waals surface area contributed by atoms with Gasteiger partial charge in [-0.1, -0.05) is 34.1 Å². The van der Waals surface area contributed by atoms with E-state index in [1.165, 1.54) is 58.3 Å². The Bertz CT molecular complexity index is 274. The van der Waals surface area contributed by atoms with Crippen molar-refractivity contribution >= 4 is 0 Å². The van der Waals surface area contributed by atoms with Crippen molar-refractivity contribution < 1.29 is 0 Å². The van der Waals surface area contributed by atoms with Crippen molar-refractivity contribution in [1.29, 1.82) is 0 Å². The van der Waals surface area contributed by atoms with Crippen LogP contribution in [0.15, 0.2) is 0 Å². The van der Waals surface area contributed by atoms with Crippen molar-refractivity contribution in [3.05, 3.63) is 0 Å². The zero-order valence-corrected chi connectivity index (χ0v) is 13.5. The van der Waals surface area contributed by atoms with Crippen molar-refractivity contribution in [2.45, 2.75) is 65.8 Å². The van der Waals surface area contributed by atoms with Crippen LogP contribution in [0.5, 0.6) is 0 Å². The molecule has 0 aromatic heterocycles. The lowest BCUT2D eigenvalue weighted by molar-refractivity contribution is 0.200. The van der Waals surface area contributed by atoms with E-state index in [1.54, 1.807) is 0 Å². The molecule has 0 amide bonds. The molecule has 1 heterocycles. The van der Waals surface area contributed by atoms with E-state index in [-0.39, 0.29) is 0 Å². The van der Waals surface area contributed by atoms with Gasteiger partial charge in [-0.25, -0.2) is 0 Å². The molecule has 3 unspecified atom stereocenters. The fourth-order valence-corrected chi connectivity index (χ4v) is 4.20. The zero-order valence-electron chi connectivity index (χ0n) is 13.5. The smallest absolute Gasteiger partial charge is 0.0159 e. The molecule has 1 saturated heterocycles. The maximum atomic E-state index is 3.84. The fourth-order valence-electron chi connectivity index (χ4n) is 4.20. The molecule has 0 spiro atoms. The Morgan fingerprint density at radius 3 is 2.63 bits per heavy atom. The second-order valence-corrected chi connectivity index (χ2v) is 7.54. The van der Waals surface area contributed by atoms with Crippen LogP contribution in [0, 0.1) is 17.3 Å². The molecule has 2 rings (SSSR count). The summed E-state index contributed by atoms with van der Waals surface area (Å²) in [7, 11) is 0. The molecule has 0 aromatic rings. The maximum Gasteiger partial charge on any atom is 0.0159 e. The minimum absolute atomic E-state index is 0.490. The third kappa shape index (κ3) is 3.72. The Balaban J connectivity index is 1.88. The molecular formula is C17H34N2. The summed E-state index contributed by atoms with van der Waals surface area (Å²) < 4.78 is 0. The SMILES string of the molecule is CCCNC1C(CN2CCC(CC)C2)CCC1(C)C. The van der Waals surface area contributed by atoms with Gasteiger partial charge in [-0.05, 0) is 56.0 Å². The summed E-state index contributed by atoms with van der Waals surface area (Å²) in [6, 6.07) is 0.730. The van der Waals surface area contributed by atoms with Crippen molar-refractivity contribution in [1.82, 2.24) is 10.2 Å². The Kier molecular flexibility index (Phi) is 5.30. The van der Waals surface area contributed by atoms with E-state index >= 15 is 0 Å². The number of rotatable bonds is 6. The molecule has 2 fully saturated rings. The van der Waals surface area contributed by atoms with Crippen molar-refractivity contribution in [2.75, 3.05) is 26.2 Å². The van der Waals surface area contributed by atoms with E-state index in [0.29, 0.717) is 5.41 Å². The van der Waals surface area contributed by atoms with Crippen LogP contribution >= 0.6 is 0 Å². The lowest BCUT2D eigenvalue weighted by atomic mass is 9.84. The maximum absolute atomic E-state index is 3.84. The van der Waals surface area contributed by atoms with Crippen LogP contribution in [0.4, 0.5) is 0 Å². The Morgan fingerprint density at radius 1 is 1.21 bits per heavy atom. The van der Waals surface area contributed by atoms with Crippen LogP contribution in [0.2, 0.25) is 0 Å². The van der Waals surface area contributed by atoms with Crippen LogP contribution in [0.1, 0.15) is 59.8 Å². The highest BCUT2D eigenvalue weighted by atomic mass is 15.2. The molecular weight excluding hydrogens is 232 g/mol. The first-order chi connectivity index (χ1) is 9.06. The summed E-state index contributed by atoms with van der Waals surface area (Å²) in [6.07, 6.45) is 6.86. The van der Waals surface area contributed by atoms with Gasteiger partial charge >= 0.3 is 0 Å². The van der Waals surface area contributed by atoms with Crippen molar-refractivity contribution in [2.24, 2.45) is 17.3 Å². The summed E-state index contributed by atoms with van der Waals surface area (Å²) in [6.45, 7) is 14.8. The van der Waals surface area contributed by atoms with E-state index < -0.39 is 0 Å². The van der Waals surface area contributed by atoms with E-state index in [9.17, 15) is 0 Å². The third-order valence-electron chi connectivity index (χ3n) is 5.53. The van der Waals surface area contributed by atoms with E-state index in [2.05, 4.69) is 37.9 Å². The minimum Gasteiger partial charge on any atom is -0.313 e. The van der Waals surface area contributed by atoms with Crippen molar-refractivity contribution in [3.63, 3.8) is 0 Å². The standard InChI is InChI=1S/C17H34N2/c1-5-10-18-16-15(7-9-17(16,3)4)13-19-11-8-14(6-2)12-19/h14-16,18H,5-13H2,1-4H3. The molecule has 19 heavy (non-hydrogen) atoms. The number of nitrogens with zero attached hydrogens (tertiary/aromatic N) is 1. The van der Waals surface area contributed by atoms with Gasteiger partial charge in [0, 0.05) is 19.1 Å². The van der Waals surface area contributed by atoms with Gasteiger partial charge in [0.05, 0.1) is 0 Å². The first kappa shape index (κ1) is 15.3. The summed E-state index contributed by atoms with van der Waals surface area (Å²) in [4.78, 5) is 2.74. The van der Waals surface area contributed by atoms with E-state index in [4.69, 9.17) is 0 Å². The Hall–Kier alpha value is -0.0800. The Labute approximate surface area is 120 Å². The van der Waals surface area contributed by atoms with E-state index in [1.807, 2.05) is 0 Å². The average molecular weight is 266 g/mol. The highest BCUT2D eigenvalue weighted by Gasteiger charge is 2.42. The van der Waals surface area contributed by atoms with E-state index in [0.717, 1.165) is 17.9 Å². The normalized spacial score (nSPS) is 35.1. The highest BCUT2D eigenvalue weighted by molar-refractivity contribution is 4.97. The van der Waals surface area contributed by atoms with Gasteiger partial charge in [-0.15, -0.1) is 0 Å². The highest BCUT2D eigenvalue weighted by Crippen LogP contribution is 2.42. The van der Waals surface area contributed by atoms with Gasteiger partial charge in [0.2, 0.25) is 0 Å². The second kappa shape index (κ2) is 6.58. The van der Waals surface area contributed by atoms with Crippen LogP contribution in [-0.2, 0) is 0 Å². The molecule has 112 valence electrons. The van der Waals surface area contributed by atoms with Gasteiger partial charge in [-0.2, -0.15) is 0 Å². The molecule has 2 nitrogen and oxygen atoms in total. The molecule has 1 saturated carbocycles. The van der Waals surface area contributed by atoms with Gasteiger partial charge < -0.3 is 10.2 Å². The predicted octanol–water partition coefficient (Wildman–Crippen LogP) is 3.52. The lowest BCUT2D eigenvalue weighted by Gasteiger charge is -2.33. The molecule has 2 heteroatoms. The monoisotopic (exact) mass is 266 g/mol. The minimum atomic E-state index is 0.490. The molecule has 1 aliphatic heterocycles. The number of likely N-dealkylation sites (tertiary alicyclic amines) is 1. The summed E-state index contributed by atoms with van der Waals surface area (Å²) in [5.74, 6) is 1.84. The molecule has 1 aliphatic carbocycles. The number of hydrogen-bond donors (Lipinski definition) is 1. The molecule has 0 bridgehead atoms. The fraction of sp³-hybridized carbons (Fsp3) is 1.00. The average Bonchev–Trinajstić information content (AvgIpc) is 2.93. The third-order valence-corrected chi connectivity index (χ3v) is 5.53. The lowest BCUT2D eigenvalue weighted by Crippen LogP contribution is -2.45. The molecule has 1 N–H and O–H groups in total. The summed E-state index contributed by atoms with van der Waals surface area (Å²) in [5, 5.41) is 3.84. The first-order valence-electron chi connectivity index (χ1n) is 8.52. The van der Waals surface area contributed by atoms with Crippen LogP contribution < -0.4 is 5.32 Å². The van der Waals surface area contributed by atoms with Crippen LogP contribution in [0.25, 0.3) is 0 Å². The first-order valence-corrected chi connectivity index (χ1v) is 8.52. The number of nitrogens with one attached hydrogen (secondary N) is 1. The van der Waals surface area contributed by atoms with Gasteiger partial charge in [-0.3, -0.25) is 0 Å². The second-order valence-electron chi connectivity index (χ2n) is 7.54.